The molecule has 22 heavy (non-hydrogen) atoms. The van der Waals surface area contributed by atoms with Crippen LogP contribution in [0.5, 0.6) is 5.75 Å². The zero-order chi connectivity index (χ0) is 15.8. The highest BCUT2D eigenvalue weighted by atomic mass is 32.2. The van der Waals surface area contributed by atoms with Gasteiger partial charge in [0.05, 0.1) is 12.4 Å². The maximum Gasteiger partial charge on any atom is 0.230 e. The van der Waals surface area contributed by atoms with Crippen molar-refractivity contribution in [1.82, 2.24) is 5.32 Å². The molecule has 0 saturated carbocycles. The molecule has 0 bridgehead atoms. The van der Waals surface area contributed by atoms with E-state index < -0.39 is 0 Å². The number of ether oxygens (including phenoxy) is 1. The third-order valence-corrected chi connectivity index (χ3v) is 4.91. The van der Waals surface area contributed by atoms with Crippen LogP contribution in [0.3, 0.4) is 0 Å². The van der Waals surface area contributed by atoms with E-state index >= 15 is 0 Å². The highest BCUT2D eigenvalue weighted by Gasteiger charge is 2.09. The van der Waals surface area contributed by atoms with Crippen LogP contribution in [0.25, 0.3) is 0 Å². The number of nitrogens with one attached hydrogen (secondary N) is 1. The molecule has 0 aliphatic carbocycles. The lowest BCUT2D eigenvalue weighted by atomic mass is 10.2. The molecule has 0 spiro atoms. The lowest BCUT2D eigenvalue weighted by molar-refractivity contribution is -0.119. The summed E-state index contributed by atoms with van der Waals surface area (Å²) in [6.45, 7) is 4.67. The first-order chi connectivity index (χ1) is 10.7. The van der Waals surface area contributed by atoms with Gasteiger partial charge in [0.2, 0.25) is 5.91 Å². The normalized spacial score (nSPS) is 11.9. The Morgan fingerprint density at radius 2 is 2.09 bits per heavy atom. The number of hydrogen-bond acceptors (Lipinski definition) is 4. The molecule has 2 rings (SSSR count). The first-order valence-electron chi connectivity index (χ1n) is 7.34. The van der Waals surface area contributed by atoms with Crippen LogP contribution in [0.4, 0.5) is 0 Å². The average molecular weight is 335 g/mol. The summed E-state index contributed by atoms with van der Waals surface area (Å²) < 4.78 is 5.40. The minimum atomic E-state index is 0.0722. The smallest absolute Gasteiger partial charge is 0.230 e. The van der Waals surface area contributed by atoms with Crippen LogP contribution in [0.2, 0.25) is 0 Å². The molecule has 0 aliphatic rings. The number of benzene rings is 1. The van der Waals surface area contributed by atoms with Gasteiger partial charge in [-0.3, -0.25) is 4.79 Å². The molecule has 1 atom stereocenters. The van der Waals surface area contributed by atoms with E-state index in [-0.39, 0.29) is 11.9 Å². The third-order valence-electron chi connectivity index (χ3n) is 3.00. The van der Waals surface area contributed by atoms with Gasteiger partial charge in [-0.25, -0.2) is 0 Å². The SMILES string of the molecule is CCOc1ccc(SCC(=O)NC(C)Cc2cccs2)cc1. The summed E-state index contributed by atoms with van der Waals surface area (Å²) in [5.74, 6) is 1.37. The Kier molecular flexibility index (Phi) is 6.80. The Hall–Kier alpha value is -1.46. The fourth-order valence-corrected chi connectivity index (χ4v) is 3.59. The van der Waals surface area contributed by atoms with E-state index in [1.807, 2.05) is 44.2 Å². The van der Waals surface area contributed by atoms with Gasteiger partial charge in [-0.1, -0.05) is 6.07 Å². The lowest BCUT2D eigenvalue weighted by Crippen LogP contribution is -2.35. The maximum absolute atomic E-state index is 12.0. The molecule has 2 aromatic rings. The summed E-state index contributed by atoms with van der Waals surface area (Å²) in [7, 11) is 0. The Morgan fingerprint density at radius 3 is 2.73 bits per heavy atom. The molecule has 1 aromatic carbocycles. The van der Waals surface area contributed by atoms with Crippen molar-refractivity contribution in [2.24, 2.45) is 0 Å². The van der Waals surface area contributed by atoms with Crippen LogP contribution in [-0.2, 0) is 11.2 Å². The number of carbonyl (C=O) groups is 1. The molecule has 5 heteroatoms. The fourth-order valence-electron chi connectivity index (χ4n) is 2.05. The van der Waals surface area contributed by atoms with Crippen molar-refractivity contribution in [2.45, 2.75) is 31.2 Å². The second-order valence-corrected chi connectivity index (χ2v) is 7.03. The van der Waals surface area contributed by atoms with Crippen LogP contribution in [0.1, 0.15) is 18.7 Å². The van der Waals surface area contributed by atoms with Crippen molar-refractivity contribution < 1.29 is 9.53 Å². The summed E-state index contributed by atoms with van der Waals surface area (Å²) in [6, 6.07) is 12.1. The van der Waals surface area contributed by atoms with E-state index in [4.69, 9.17) is 4.74 Å². The summed E-state index contributed by atoms with van der Waals surface area (Å²) >= 11 is 3.27. The van der Waals surface area contributed by atoms with E-state index in [9.17, 15) is 4.79 Å². The second kappa shape index (κ2) is 8.86. The number of carbonyl (C=O) groups excluding carboxylic acids is 1. The highest BCUT2D eigenvalue weighted by molar-refractivity contribution is 8.00. The van der Waals surface area contributed by atoms with Crippen molar-refractivity contribution >= 4 is 29.0 Å². The molecule has 118 valence electrons. The monoisotopic (exact) mass is 335 g/mol. The number of hydrogen-bond donors (Lipinski definition) is 1. The Labute approximate surface area is 140 Å². The maximum atomic E-state index is 12.0. The molecule has 0 saturated heterocycles. The van der Waals surface area contributed by atoms with Crippen LogP contribution in [-0.4, -0.2) is 24.3 Å². The molecule has 1 amide bonds. The molecular weight excluding hydrogens is 314 g/mol. The molecule has 1 heterocycles. The van der Waals surface area contributed by atoms with Gasteiger partial charge in [0, 0.05) is 22.2 Å². The highest BCUT2D eigenvalue weighted by Crippen LogP contribution is 2.21. The quantitative estimate of drug-likeness (QED) is 0.741. The minimum Gasteiger partial charge on any atom is -0.494 e. The Balaban J connectivity index is 1.72. The first kappa shape index (κ1) is 16.9. The molecule has 1 N–H and O–H groups in total. The summed E-state index contributed by atoms with van der Waals surface area (Å²) in [4.78, 5) is 14.3. The number of amides is 1. The van der Waals surface area contributed by atoms with E-state index in [1.165, 1.54) is 4.88 Å². The van der Waals surface area contributed by atoms with Crippen molar-refractivity contribution in [3.05, 3.63) is 46.7 Å². The largest absolute Gasteiger partial charge is 0.494 e. The molecule has 0 fully saturated rings. The van der Waals surface area contributed by atoms with Crippen molar-refractivity contribution in [2.75, 3.05) is 12.4 Å². The standard InChI is InChI=1S/C17H21NO2S2/c1-3-20-14-6-8-15(9-7-14)22-12-17(19)18-13(2)11-16-5-4-10-21-16/h4-10,13H,3,11-12H2,1-2H3,(H,18,19). The summed E-state index contributed by atoms with van der Waals surface area (Å²) in [5, 5.41) is 5.10. The minimum absolute atomic E-state index is 0.0722. The van der Waals surface area contributed by atoms with Gasteiger partial charge in [0.1, 0.15) is 5.75 Å². The van der Waals surface area contributed by atoms with Gasteiger partial charge in [-0.15, -0.1) is 23.1 Å². The van der Waals surface area contributed by atoms with E-state index in [0.717, 1.165) is 17.1 Å². The molecule has 0 radical (unpaired) electrons. The number of thiophene rings is 1. The van der Waals surface area contributed by atoms with Crippen molar-refractivity contribution in [3.8, 4) is 5.75 Å². The van der Waals surface area contributed by atoms with Gasteiger partial charge < -0.3 is 10.1 Å². The zero-order valence-corrected chi connectivity index (χ0v) is 14.5. The predicted molar refractivity (Wildman–Crippen MR) is 94.0 cm³/mol. The third kappa shape index (κ3) is 5.73. The van der Waals surface area contributed by atoms with Crippen LogP contribution >= 0.6 is 23.1 Å². The molecule has 0 aliphatic heterocycles. The molecule has 1 aromatic heterocycles. The van der Waals surface area contributed by atoms with Gasteiger partial charge in [-0.05, 0) is 49.6 Å². The van der Waals surface area contributed by atoms with Gasteiger partial charge in [0.15, 0.2) is 0 Å². The van der Waals surface area contributed by atoms with E-state index in [2.05, 4.69) is 16.8 Å². The van der Waals surface area contributed by atoms with Crippen LogP contribution in [0.15, 0.2) is 46.7 Å². The van der Waals surface area contributed by atoms with Crippen LogP contribution < -0.4 is 10.1 Å². The molecular formula is C17H21NO2S2. The second-order valence-electron chi connectivity index (χ2n) is 4.95. The Bertz CT molecular complexity index is 567. The van der Waals surface area contributed by atoms with Gasteiger partial charge in [-0.2, -0.15) is 0 Å². The fraction of sp³-hybridized carbons (Fsp3) is 0.353. The summed E-state index contributed by atoms with van der Waals surface area (Å²) in [5.41, 5.74) is 0. The molecule has 1 unspecified atom stereocenters. The average Bonchev–Trinajstić information content (AvgIpc) is 2.99. The van der Waals surface area contributed by atoms with E-state index in [1.54, 1.807) is 23.1 Å². The number of rotatable bonds is 8. The molecule has 3 nitrogen and oxygen atoms in total. The number of thioether (sulfide) groups is 1. The Morgan fingerprint density at radius 1 is 1.32 bits per heavy atom. The zero-order valence-electron chi connectivity index (χ0n) is 12.9. The lowest BCUT2D eigenvalue weighted by Gasteiger charge is -2.12. The van der Waals surface area contributed by atoms with Gasteiger partial charge in [0.25, 0.3) is 0 Å². The van der Waals surface area contributed by atoms with Gasteiger partial charge >= 0.3 is 0 Å². The van der Waals surface area contributed by atoms with E-state index in [0.29, 0.717) is 12.4 Å². The van der Waals surface area contributed by atoms with Crippen molar-refractivity contribution in [3.63, 3.8) is 0 Å². The topological polar surface area (TPSA) is 38.3 Å². The first-order valence-corrected chi connectivity index (χ1v) is 9.21. The summed E-state index contributed by atoms with van der Waals surface area (Å²) in [6.07, 6.45) is 0.886. The van der Waals surface area contributed by atoms with Crippen LogP contribution in [0, 0.1) is 0 Å². The van der Waals surface area contributed by atoms with Crippen molar-refractivity contribution in [1.29, 1.82) is 0 Å². The predicted octanol–water partition coefficient (Wildman–Crippen LogP) is 3.99.